The molecule has 3 N–H and O–H groups in total. The van der Waals surface area contributed by atoms with Crippen molar-refractivity contribution in [2.45, 2.75) is 39.2 Å². The van der Waals surface area contributed by atoms with E-state index in [2.05, 4.69) is 50.8 Å². The Morgan fingerprint density at radius 2 is 1.94 bits per heavy atom. The van der Waals surface area contributed by atoms with Gasteiger partial charge >= 0.3 is 0 Å². The molecule has 0 radical (unpaired) electrons. The van der Waals surface area contributed by atoms with E-state index >= 15 is 0 Å². The number of halogens is 1. The Balaban J connectivity index is 2.14. The Hall–Kier alpha value is -3.19. The standard InChI is InChI=1S/C29H31ClN5P/c1-18-12-21(16-34-28(18)36(4)5)26-22-14-24(33)20(15-32)13-25(22)35(27(26)29(2,3)10-11-31)17-19-8-6-7-9-23(19)30/h6-9,12-16,32H,10,17,33H2,1-5H3. The fraction of sp³-hybridized carbons (Fsp3) is 0.276. The van der Waals surface area contributed by atoms with Gasteiger partial charge in [-0.25, -0.2) is 0 Å². The number of fused-ring (bicyclic) bond motifs is 1. The van der Waals surface area contributed by atoms with Gasteiger partial charge in [0.25, 0.3) is 0 Å². The summed E-state index contributed by atoms with van der Waals surface area (Å²) in [5.74, 6) is 0. The first-order valence-electron chi connectivity index (χ1n) is 11.8. The van der Waals surface area contributed by atoms with Gasteiger partial charge in [0.15, 0.2) is 0 Å². The van der Waals surface area contributed by atoms with E-state index < -0.39 is 5.41 Å². The van der Waals surface area contributed by atoms with Gasteiger partial charge in [-0.2, -0.15) is 5.26 Å². The first-order valence-corrected chi connectivity index (χ1v) is 14.4. The Morgan fingerprint density at radius 3 is 2.56 bits per heavy atom. The van der Waals surface area contributed by atoms with Crippen LogP contribution in [0, 0.1) is 23.7 Å². The predicted octanol–water partition coefficient (Wildman–Crippen LogP) is 6.85. The van der Waals surface area contributed by atoms with E-state index in [9.17, 15) is 5.26 Å². The Morgan fingerprint density at radius 1 is 1.22 bits per heavy atom. The average molecular weight is 516 g/mol. The van der Waals surface area contributed by atoms with Crippen LogP contribution in [0.4, 0.5) is 5.69 Å². The summed E-state index contributed by atoms with van der Waals surface area (Å²) in [4.78, 5) is 4.86. The molecule has 0 amide bonds. The van der Waals surface area contributed by atoms with Gasteiger partial charge in [-0.3, -0.25) is 4.98 Å². The predicted molar refractivity (Wildman–Crippen MR) is 154 cm³/mol. The third kappa shape index (κ3) is 4.64. The number of pyridine rings is 1. The maximum absolute atomic E-state index is 9.75. The van der Waals surface area contributed by atoms with Crippen LogP contribution in [0.1, 0.15) is 42.7 Å². The molecule has 0 fully saturated rings. The molecule has 4 aromatic rings. The third-order valence-corrected chi connectivity index (χ3v) is 8.32. The van der Waals surface area contributed by atoms with Gasteiger partial charge in [0.2, 0.25) is 0 Å². The van der Waals surface area contributed by atoms with Gasteiger partial charge in [-0.15, -0.1) is 0 Å². The first kappa shape index (κ1) is 25.9. The van der Waals surface area contributed by atoms with Gasteiger partial charge in [0.05, 0.1) is 11.5 Å². The number of aromatic nitrogens is 2. The van der Waals surface area contributed by atoms with Crippen LogP contribution < -0.4 is 11.2 Å². The van der Waals surface area contributed by atoms with Gasteiger partial charge in [0.1, 0.15) is 0 Å². The number of hydrogen-bond donors (Lipinski definition) is 2. The van der Waals surface area contributed by atoms with Crippen LogP contribution in [0.15, 0.2) is 48.7 Å². The largest absolute Gasteiger partial charge is 0.398 e. The lowest BCUT2D eigenvalue weighted by atomic mass is 9.82. The number of nitrogens with one attached hydrogen (secondary N) is 1. The van der Waals surface area contributed by atoms with E-state index in [4.69, 9.17) is 27.7 Å². The van der Waals surface area contributed by atoms with E-state index in [-0.39, 0.29) is 7.92 Å². The molecular formula is C29H31ClN5P. The highest BCUT2D eigenvalue weighted by Crippen LogP contribution is 2.44. The molecule has 5 nitrogen and oxygen atoms in total. The highest BCUT2D eigenvalue weighted by molar-refractivity contribution is 7.63. The summed E-state index contributed by atoms with van der Waals surface area (Å²) in [5, 5.41) is 19.3. The molecule has 0 bridgehead atoms. The summed E-state index contributed by atoms with van der Waals surface area (Å²) < 4.78 is 2.24. The molecule has 4 rings (SSSR count). The molecule has 2 aromatic carbocycles. The van der Waals surface area contributed by atoms with E-state index in [1.807, 2.05) is 42.6 Å². The Kier molecular flexibility index (Phi) is 7.23. The zero-order chi connectivity index (χ0) is 26.2. The highest BCUT2D eigenvalue weighted by atomic mass is 35.5. The molecule has 2 aromatic heterocycles. The molecule has 0 saturated carbocycles. The molecule has 0 atom stereocenters. The monoisotopic (exact) mass is 515 g/mol. The molecule has 36 heavy (non-hydrogen) atoms. The van der Waals surface area contributed by atoms with Crippen molar-refractivity contribution in [3.8, 4) is 17.2 Å². The zero-order valence-corrected chi connectivity index (χ0v) is 23.0. The summed E-state index contributed by atoms with van der Waals surface area (Å²) in [6.07, 6.45) is 3.57. The van der Waals surface area contributed by atoms with Crippen molar-refractivity contribution in [2.24, 2.45) is 0 Å². The third-order valence-electron chi connectivity index (χ3n) is 6.63. The number of hydrogen-bond acceptors (Lipinski definition) is 4. The molecule has 2 heterocycles. The smallest absolute Gasteiger partial charge is 0.0654 e. The first-order chi connectivity index (χ1) is 17.1. The van der Waals surface area contributed by atoms with Crippen LogP contribution in [-0.4, -0.2) is 29.1 Å². The fourth-order valence-corrected chi connectivity index (χ4v) is 6.22. The number of nitrogen functional groups attached to an aromatic ring is 1. The minimum atomic E-state index is -0.474. The van der Waals surface area contributed by atoms with Gasteiger partial charge in [-0.1, -0.05) is 51.6 Å². The number of nitrogens with two attached hydrogens (primary N) is 1. The molecule has 0 spiro atoms. The molecule has 0 aliphatic carbocycles. The summed E-state index contributed by atoms with van der Waals surface area (Å²) in [6, 6.07) is 16.3. The SMILES string of the molecule is Cc1cc(-c2c(C(C)(C)CC#N)n(Cc3ccccc3Cl)c3cc(C=N)c(N)cc23)cnc1P(C)C. The van der Waals surface area contributed by atoms with Crippen molar-refractivity contribution in [1.29, 1.82) is 10.7 Å². The maximum atomic E-state index is 9.75. The topological polar surface area (TPSA) is 91.5 Å². The second-order valence-corrected chi connectivity index (χ2v) is 12.6. The Bertz CT molecular complexity index is 1510. The number of nitriles is 1. The second-order valence-electron chi connectivity index (χ2n) is 10.0. The summed E-state index contributed by atoms with van der Waals surface area (Å²) in [5.41, 5.74) is 14.4. The number of aryl methyl sites for hydroxylation is 1. The van der Waals surface area contributed by atoms with E-state index in [0.717, 1.165) is 44.3 Å². The molecule has 0 aliphatic rings. The molecule has 7 heteroatoms. The number of anilines is 1. The van der Waals surface area contributed by atoms with E-state index in [1.165, 1.54) is 6.21 Å². The molecular weight excluding hydrogens is 485 g/mol. The Labute approximate surface area is 219 Å². The summed E-state index contributed by atoms with van der Waals surface area (Å²) >= 11 is 6.60. The minimum absolute atomic E-state index is 0.331. The van der Waals surface area contributed by atoms with Crippen molar-refractivity contribution in [3.63, 3.8) is 0 Å². The van der Waals surface area contributed by atoms with Gasteiger partial charge in [-0.05, 0) is 55.6 Å². The van der Waals surface area contributed by atoms with Crippen molar-refractivity contribution < 1.29 is 0 Å². The number of benzene rings is 2. The second kappa shape index (κ2) is 10.1. The van der Waals surface area contributed by atoms with Gasteiger partial charge in [0, 0.05) is 74.8 Å². The van der Waals surface area contributed by atoms with Crippen molar-refractivity contribution >= 4 is 47.8 Å². The lowest BCUT2D eigenvalue weighted by Crippen LogP contribution is -2.23. The maximum Gasteiger partial charge on any atom is 0.0654 e. The van der Waals surface area contributed by atoms with E-state index in [0.29, 0.717) is 29.2 Å². The van der Waals surface area contributed by atoms with Crippen LogP contribution >= 0.6 is 19.5 Å². The molecule has 0 aliphatic heterocycles. The minimum Gasteiger partial charge on any atom is -0.398 e. The molecule has 184 valence electrons. The summed E-state index contributed by atoms with van der Waals surface area (Å²) in [6.45, 7) is 11.3. The molecule has 0 saturated heterocycles. The van der Waals surface area contributed by atoms with Crippen molar-refractivity contribution in [3.05, 3.63) is 76.1 Å². The van der Waals surface area contributed by atoms with Gasteiger partial charge < -0.3 is 15.7 Å². The number of rotatable bonds is 7. The van der Waals surface area contributed by atoms with Crippen LogP contribution in [-0.2, 0) is 12.0 Å². The lowest BCUT2D eigenvalue weighted by Gasteiger charge is -2.27. The molecule has 0 unspecified atom stereocenters. The van der Waals surface area contributed by atoms with Crippen molar-refractivity contribution in [2.75, 3.05) is 19.1 Å². The average Bonchev–Trinajstić information content (AvgIpc) is 3.13. The normalized spacial score (nSPS) is 11.7. The number of nitrogens with zero attached hydrogens (tertiary/aromatic N) is 3. The summed E-state index contributed by atoms with van der Waals surface area (Å²) in [7, 11) is -0.331. The van der Waals surface area contributed by atoms with E-state index in [1.54, 1.807) is 0 Å². The van der Waals surface area contributed by atoms with Crippen LogP contribution in [0.2, 0.25) is 5.02 Å². The van der Waals surface area contributed by atoms with Crippen molar-refractivity contribution in [1.82, 2.24) is 9.55 Å². The zero-order valence-electron chi connectivity index (χ0n) is 21.4. The van der Waals surface area contributed by atoms with Crippen LogP contribution in [0.25, 0.3) is 22.0 Å². The highest BCUT2D eigenvalue weighted by Gasteiger charge is 2.32. The van der Waals surface area contributed by atoms with Crippen LogP contribution in [0.3, 0.4) is 0 Å². The lowest BCUT2D eigenvalue weighted by molar-refractivity contribution is 0.498. The quantitative estimate of drug-likeness (QED) is 0.160. The van der Waals surface area contributed by atoms with Crippen LogP contribution in [0.5, 0.6) is 0 Å². The fourth-order valence-electron chi connectivity index (χ4n) is 4.96.